The Morgan fingerprint density at radius 1 is 0.279 bits per heavy atom. The summed E-state index contributed by atoms with van der Waals surface area (Å²) in [6.45, 7) is 4.96. The van der Waals surface area contributed by atoms with E-state index in [1.165, 1.54) is 60.7 Å². The molecule has 0 saturated carbocycles. The molecule has 0 spiro atoms. The maximum Gasteiger partial charge on any atom is 0.338 e. The third-order valence-corrected chi connectivity index (χ3v) is 22.1. The Balaban J connectivity index is 0.882. The van der Waals surface area contributed by atoms with Gasteiger partial charge in [0.2, 0.25) is 0 Å². The summed E-state index contributed by atoms with van der Waals surface area (Å²) in [6, 6.07) is 97.3. The van der Waals surface area contributed by atoms with Crippen molar-refractivity contribution in [1.29, 1.82) is 0 Å². The molecule has 129 heavy (non-hydrogen) atoms. The Kier molecular flexibility index (Phi) is 33.2. The van der Waals surface area contributed by atoms with Gasteiger partial charge in [-0.15, -0.1) is 6.58 Å². The molecule has 11 aromatic rings. The zero-order valence-electron chi connectivity index (χ0n) is 70.9. The second-order valence-electron chi connectivity index (χ2n) is 31.2. The van der Waals surface area contributed by atoms with Gasteiger partial charge >= 0.3 is 29.8 Å². The second kappa shape index (κ2) is 46.8. The van der Waals surface area contributed by atoms with Crippen LogP contribution in [0.2, 0.25) is 0 Å². The lowest BCUT2D eigenvalue weighted by Crippen LogP contribution is -2.69. The largest absolute Gasteiger partial charge is 0.459 e. The Bertz CT molecular complexity index is 5240. The van der Waals surface area contributed by atoms with Crippen molar-refractivity contribution in [1.82, 2.24) is 0 Å². The molecule has 4 aliphatic rings. The highest BCUT2D eigenvalue weighted by atomic mass is 16.8. The summed E-state index contributed by atoms with van der Waals surface area (Å²) in [5.41, 5.74) is 5.17. The molecule has 11 aromatic carbocycles. The van der Waals surface area contributed by atoms with Crippen molar-refractivity contribution < 1.29 is 119 Å². The van der Waals surface area contributed by atoms with Crippen LogP contribution < -0.4 is 0 Å². The highest BCUT2D eigenvalue weighted by Gasteiger charge is 2.60. The molecule has 4 saturated heterocycles. The molecule has 25 heteroatoms. The van der Waals surface area contributed by atoms with Crippen molar-refractivity contribution in [3.05, 3.63) is 408 Å². The zero-order chi connectivity index (χ0) is 88.9. The minimum absolute atomic E-state index is 0.00113. The molecule has 0 unspecified atom stereocenters. The number of aliphatic hydroxyl groups is 1. The molecule has 0 aromatic heterocycles. The van der Waals surface area contributed by atoms with Gasteiger partial charge in [-0.1, -0.05) is 279 Å². The van der Waals surface area contributed by atoms with Crippen LogP contribution in [0.5, 0.6) is 0 Å². The van der Waals surface area contributed by atoms with Gasteiger partial charge in [0.05, 0.1) is 93.4 Å². The lowest BCUT2D eigenvalue weighted by molar-refractivity contribution is -0.400. The molecule has 0 amide bonds. The normalized spacial score (nSPS) is 25.5. The van der Waals surface area contributed by atoms with E-state index in [2.05, 4.69) is 6.58 Å². The number of carbonyl (C=O) groups excluding carboxylic acids is 5. The van der Waals surface area contributed by atoms with E-state index < -0.39 is 159 Å². The summed E-state index contributed by atoms with van der Waals surface area (Å²) in [6.07, 6.45) is -30.1. The first-order valence-electron chi connectivity index (χ1n) is 42.9. The fourth-order valence-electron chi connectivity index (χ4n) is 15.7. The van der Waals surface area contributed by atoms with Gasteiger partial charge in [0.1, 0.15) is 73.8 Å². The minimum atomic E-state index is -2.18. The highest BCUT2D eigenvalue weighted by Crippen LogP contribution is 2.42. The first-order chi connectivity index (χ1) is 63.3. The first-order valence-corrected chi connectivity index (χ1v) is 42.9. The van der Waals surface area contributed by atoms with Crippen LogP contribution in [0.3, 0.4) is 0 Å². The van der Waals surface area contributed by atoms with E-state index in [1.807, 2.05) is 182 Å². The monoisotopic (exact) mass is 1750 g/mol. The van der Waals surface area contributed by atoms with Crippen molar-refractivity contribution in [2.24, 2.45) is 0 Å². The average Bonchev–Trinajstić information content (AvgIpc) is 0.756. The molecule has 0 radical (unpaired) electrons. The second-order valence-corrected chi connectivity index (χ2v) is 31.2. The molecular formula is C104H102O25. The van der Waals surface area contributed by atoms with Crippen LogP contribution in [0.15, 0.2) is 346 Å². The van der Waals surface area contributed by atoms with Gasteiger partial charge < -0.3 is 95.1 Å². The van der Waals surface area contributed by atoms with Gasteiger partial charge in [-0.25, -0.2) is 24.0 Å². The zero-order valence-corrected chi connectivity index (χ0v) is 70.9. The minimum Gasteiger partial charge on any atom is -0.459 e. The fraction of sp³-hybridized carbons (Fsp3) is 0.298. The number of esters is 5. The van der Waals surface area contributed by atoms with Crippen LogP contribution in [0, 0.1) is 0 Å². The number of aliphatic hydroxyl groups excluding tert-OH is 1. The van der Waals surface area contributed by atoms with Gasteiger partial charge in [0, 0.05) is 0 Å². The van der Waals surface area contributed by atoms with Crippen molar-refractivity contribution in [2.75, 3.05) is 26.4 Å². The Morgan fingerprint density at radius 3 is 0.953 bits per heavy atom. The first kappa shape index (κ1) is 91.7. The number of rotatable bonds is 40. The summed E-state index contributed by atoms with van der Waals surface area (Å²) in [5.74, 6) is -4.80. The van der Waals surface area contributed by atoms with E-state index in [-0.39, 0.29) is 87.3 Å². The molecule has 1 N–H and O–H groups in total. The van der Waals surface area contributed by atoms with Crippen LogP contribution in [0.25, 0.3) is 0 Å². The van der Waals surface area contributed by atoms with E-state index >= 15 is 9.59 Å². The van der Waals surface area contributed by atoms with Gasteiger partial charge in [-0.3, -0.25) is 0 Å². The van der Waals surface area contributed by atoms with Gasteiger partial charge in [-0.05, 0) is 101 Å². The molecule has 668 valence electrons. The fourth-order valence-corrected chi connectivity index (χ4v) is 15.7. The van der Waals surface area contributed by atoms with Gasteiger partial charge in [0.25, 0.3) is 0 Å². The summed E-state index contributed by atoms with van der Waals surface area (Å²) in [5, 5.41) is 12.6. The predicted octanol–water partition coefficient (Wildman–Crippen LogP) is 15.2. The van der Waals surface area contributed by atoms with Gasteiger partial charge in [0.15, 0.2) is 49.6 Å². The number of ether oxygens (including phenoxy) is 19. The Labute approximate surface area is 748 Å². The number of benzene rings is 11. The van der Waals surface area contributed by atoms with Crippen molar-refractivity contribution >= 4 is 29.8 Å². The quantitative estimate of drug-likeness (QED) is 0.0212. The predicted molar refractivity (Wildman–Crippen MR) is 469 cm³/mol. The molecule has 4 aliphatic heterocycles. The lowest BCUT2D eigenvalue weighted by Gasteiger charge is -2.52. The van der Waals surface area contributed by atoms with E-state index in [0.717, 1.165) is 33.4 Å². The van der Waals surface area contributed by atoms with E-state index in [1.54, 1.807) is 104 Å². The summed E-state index contributed by atoms with van der Waals surface area (Å²) in [4.78, 5) is 74.7. The van der Waals surface area contributed by atoms with Crippen LogP contribution in [0.4, 0.5) is 0 Å². The van der Waals surface area contributed by atoms with Crippen LogP contribution in [-0.2, 0) is 130 Å². The SMILES string of the molecule is C=CCO[C@@H]1[C@H](O[C@H]2O[C@H](COCc3ccccc3)[C@H](OCc3ccccc3)[C@H](OCc3ccccc3)[C@H]2OCc2ccccc2)[C@@H](O[C@@H]2[C@@H](OC(=O)c3ccccc3)[C@@H](OC(=O)c3ccccc3)[C@H](O[C@@H]3[C@@H](OC(=O)c4ccccc4)[C@H](O)O[C@H](COC(=O)c4ccccc4)[C@@H]3OC(=O)c3ccccc3)O[C@H]2C)O[C@H](COCc2ccccc2)[C@H]1OCc1ccccc1. The number of hydrogen-bond acceptors (Lipinski definition) is 25. The number of hydrogen-bond donors (Lipinski definition) is 1. The van der Waals surface area contributed by atoms with E-state index in [4.69, 9.17) is 90.0 Å². The number of carbonyl (C=O) groups is 5. The van der Waals surface area contributed by atoms with Crippen LogP contribution in [-0.4, -0.2) is 184 Å². The molecule has 0 aliphatic carbocycles. The summed E-state index contributed by atoms with van der Waals surface area (Å²) in [7, 11) is 0. The van der Waals surface area contributed by atoms with Crippen molar-refractivity contribution in [2.45, 2.75) is 169 Å². The molecular weight excluding hydrogens is 1650 g/mol. The topological polar surface area (TPSA) is 281 Å². The molecule has 4 fully saturated rings. The van der Waals surface area contributed by atoms with Gasteiger partial charge in [-0.2, -0.15) is 0 Å². The maximum atomic E-state index is 15.6. The highest BCUT2D eigenvalue weighted by molar-refractivity contribution is 5.92. The van der Waals surface area contributed by atoms with Crippen molar-refractivity contribution in [3.8, 4) is 0 Å². The Morgan fingerprint density at radius 2 is 0.566 bits per heavy atom. The van der Waals surface area contributed by atoms with E-state index in [9.17, 15) is 19.5 Å². The smallest absolute Gasteiger partial charge is 0.338 e. The third kappa shape index (κ3) is 25.1. The standard InChI is InChI=1S/C104H102O25/c1-3-59-113-89-86(115-63-73-43-21-7-22-44-73)82(67-112-61-71-39-17-5-18-40-71)122-104(94(89)129-102-93(117-65-75-47-25-9-26-48-75)88(116-64-74-45-23-8-24-46-74)85(114-62-72-41-19-6-20-42-72)81(121-102)66-111-60-70-37-15-4-16-38-70)127-84-69(2)119-103(95(126-100(109)80-57-35-14-36-58-80)90(84)124-98(107)78-53-31-12-32-54-78)128-91-87(123-97(106)77-51-29-11-30-52-77)83(68-118-96(105)76-49-27-10-28-50-76)120-101(110)92(91)125-99(108)79-55-33-13-34-56-79/h3-58,69,81-95,101-104,110H,1,59-68H2,2H3/t69-,81+,82+,83+,84-,85-,86+,87-,88-,89-,90+,91-,92+,93+,94-,95+,101+,102+,103-,104+/m0/s1. The van der Waals surface area contributed by atoms with Crippen LogP contribution in [0.1, 0.15) is 92.1 Å². The summed E-state index contributed by atoms with van der Waals surface area (Å²) < 4.78 is 133. The molecule has 20 atom stereocenters. The third-order valence-electron chi connectivity index (χ3n) is 22.1. The summed E-state index contributed by atoms with van der Waals surface area (Å²) >= 11 is 0. The maximum absolute atomic E-state index is 15.6. The molecule has 0 bridgehead atoms. The van der Waals surface area contributed by atoms with E-state index in [0.29, 0.717) is 0 Å². The molecule has 4 heterocycles. The van der Waals surface area contributed by atoms with Crippen molar-refractivity contribution in [3.63, 3.8) is 0 Å². The lowest BCUT2D eigenvalue weighted by atomic mass is 9.94. The molecule has 25 nitrogen and oxygen atoms in total. The van der Waals surface area contributed by atoms with Crippen LogP contribution >= 0.6 is 0 Å². The molecule has 15 rings (SSSR count). The Hall–Kier alpha value is -12.1. The average molecular weight is 1750 g/mol.